The van der Waals surface area contributed by atoms with Crippen LogP contribution in [0.2, 0.25) is 0 Å². The molecule has 0 aliphatic heterocycles. The molecule has 1 N–H and O–H groups in total. The summed E-state index contributed by atoms with van der Waals surface area (Å²) in [4.78, 5) is 11.5. The number of hydrogen-bond acceptors (Lipinski definition) is 2. The minimum absolute atomic E-state index is 0.120. The van der Waals surface area contributed by atoms with Gasteiger partial charge in [0.15, 0.2) is 0 Å². The van der Waals surface area contributed by atoms with E-state index in [0.29, 0.717) is 36.5 Å². The van der Waals surface area contributed by atoms with Gasteiger partial charge in [-0.2, -0.15) is 0 Å². The molecule has 4 rings (SSSR count). The summed E-state index contributed by atoms with van der Waals surface area (Å²) in [6, 6.07) is 0. The average molecular weight is 486 g/mol. The maximum atomic E-state index is 11.5. The van der Waals surface area contributed by atoms with Crippen LogP contribution < -0.4 is 5.32 Å². The van der Waals surface area contributed by atoms with E-state index in [1.54, 1.807) is 5.57 Å². The van der Waals surface area contributed by atoms with Crippen LogP contribution in [0.1, 0.15) is 119 Å². The molecule has 3 saturated carbocycles. The molecule has 200 valence electrons. The predicted molar refractivity (Wildman–Crippen MR) is 146 cm³/mol. The van der Waals surface area contributed by atoms with Crippen molar-refractivity contribution in [2.75, 3.05) is 13.2 Å². The Hall–Kier alpha value is -0.830. The lowest BCUT2D eigenvalue weighted by atomic mass is 9.47. The van der Waals surface area contributed by atoms with Crippen LogP contribution in [0.5, 0.6) is 0 Å². The highest BCUT2D eigenvalue weighted by atomic mass is 16.5. The van der Waals surface area contributed by atoms with Crippen molar-refractivity contribution in [3.8, 4) is 0 Å². The molecule has 4 aliphatic carbocycles. The highest BCUT2D eigenvalue weighted by molar-refractivity contribution is 5.75. The van der Waals surface area contributed by atoms with E-state index < -0.39 is 0 Å². The SMILES string of the molecule is CCC(=O)NCCO[C@H]1CC[C@@]2(C)C(=CCC3C2CC[C@@]2(C)C3CC[C@@H]2[C@H](C)CCCC(C)C)C1. The van der Waals surface area contributed by atoms with Gasteiger partial charge in [0.05, 0.1) is 12.7 Å². The number of allylic oxidation sites excluding steroid dienone is 1. The van der Waals surface area contributed by atoms with E-state index in [1.807, 2.05) is 6.92 Å². The Morgan fingerprint density at radius 1 is 1.09 bits per heavy atom. The molecule has 3 heteroatoms. The molecular formula is C32H55NO2. The van der Waals surface area contributed by atoms with Crippen molar-refractivity contribution in [2.24, 2.45) is 46.3 Å². The van der Waals surface area contributed by atoms with Crippen molar-refractivity contribution >= 4 is 5.91 Å². The first-order chi connectivity index (χ1) is 16.7. The summed E-state index contributed by atoms with van der Waals surface area (Å²) in [5, 5.41) is 2.95. The zero-order valence-electron chi connectivity index (χ0n) is 23.8. The van der Waals surface area contributed by atoms with E-state index >= 15 is 0 Å². The fourth-order valence-electron chi connectivity index (χ4n) is 9.34. The highest BCUT2D eigenvalue weighted by Gasteiger charge is 2.59. The fourth-order valence-corrected chi connectivity index (χ4v) is 9.34. The molecule has 1 amide bonds. The third-order valence-corrected chi connectivity index (χ3v) is 11.4. The zero-order valence-corrected chi connectivity index (χ0v) is 23.8. The second kappa shape index (κ2) is 11.3. The van der Waals surface area contributed by atoms with Crippen LogP contribution in [0.25, 0.3) is 0 Å². The third kappa shape index (κ3) is 5.55. The third-order valence-electron chi connectivity index (χ3n) is 11.4. The quantitative estimate of drug-likeness (QED) is 0.252. The van der Waals surface area contributed by atoms with Gasteiger partial charge in [0, 0.05) is 13.0 Å². The summed E-state index contributed by atoms with van der Waals surface area (Å²) in [5.41, 5.74) is 2.66. The van der Waals surface area contributed by atoms with Crippen LogP contribution in [0, 0.1) is 46.3 Å². The molecule has 0 heterocycles. The summed E-state index contributed by atoms with van der Waals surface area (Å²) >= 11 is 0. The molecule has 3 nitrogen and oxygen atoms in total. The number of rotatable bonds is 10. The van der Waals surface area contributed by atoms with Crippen molar-refractivity contribution < 1.29 is 9.53 Å². The summed E-state index contributed by atoms with van der Waals surface area (Å²) < 4.78 is 6.22. The summed E-state index contributed by atoms with van der Waals surface area (Å²) in [5.74, 6) is 5.50. The van der Waals surface area contributed by atoms with Crippen LogP contribution in [-0.4, -0.2) is 25.2 Å². The maximum Gasteiger partial charge on any atom is 0.219 e. The fraction of sp³-hybridized carbons (Fsp3) is 0.906. The normalized spacial score (nSPS) is 39.4. The molecule has 3 fully saturated rings. The Balaban J connectivity index is 1.36. The number of carbonyl (C=O) groups is 1. The van der Waals surface area contributed by atoms with E-state index in [2.05, 4.69) is 46.0 Å². The van der Waals surface area contributed by atoms with Crippen LogP contribution in [0.3, 0.4) is 0 Å². The number of hydrogen-bond donors (Lipinski definition) is 1. The van der Waals surface area contributed by atoms with Gasteiger partial charge < -0.3 is 10.1 Å². The Morgan fingerprint density at radius 3 is 2.63 bits per heavy atom. The number of nitrogens with one attached hydrogen (secondary N) is 1. The minimum atomic E-state index is 0.120. The van der Waals surface area contributed by atoms with E-state index in [4.69, 9.17) is 4.74 Å². The second-order valence-electron chi connectivity index (χ2n) is 13.7. The molecule has 8 atom stereocenters. The number of carbonyl (C=O) groups excluding carboxylic acids is 1. The lowest BCUT2D eigenvalue weighted by Crippen LogP contribution is -2.51. The van der Waals surface area contributed by atoms with Gasteiger partial charge in [-0.25, -0.2) is 0 Å². The smallest absolute Gasteiger partial charge is 0.219 e. The van der Waals surface area contributed by atoms with Crippen LogP contribution in [0.4, 0.5) is 0 Å². The van der Waals surface area contributed by atoms with E-state index in [1.165, 1.54) is 64.2 Å². The van der Waals surface area contributed by atoms with Gasteiger partial charge in [0.1, 0.15) is 0 Å². The predicted octanol–water partition coefficient (Wildman–Crippen LogP) is 7.94. The standard InChI is InChI=1S/C32H55NO2/c1-7-30(34)33-19-20-35-25-15-17-31(5)24(21-25)11-12-26-28-14-13-27(23(4)10-8-9-22(2)3)32(28,6)18-16-29(26)31/h11,22-23,25-29H,7-10,12-21H2,1-6H3,(H,33,34)/t23-,25+,26?,27-,28?,29?,31+,32-/m1/s1. The molecule has 0 aromatic carbocycles. The molecular weight excluding hydrogens is 430 g/mol. The monoisotopic (exact) mass is 485 g/mol. The van der Waals surface area contributed by atoms with Gasteiger partial charge >= 0.3 is 0 Å². The summed E-state index contributed by atoms with van der Waals surface area (Å²) in [7, 11) is 0. The first kappa shape index (κ1) is 27.2. The van der Waals surface area contributed by atoms with Crippen LogP contribution >= 0.6 is 0 Å². The highest BCUT2D eigenvalue weighted by Crippen LogP contribution is 2.67. The number of fused-ring (bicyclic) bond motifs is 5. The minimum Gasteiger partial charge on any atom is -0.376 e. The van der Waals surface area contributed by atoms with Crippen LogP contribution in [0.15, 0.2) is 11.6 Å². The molecule has 3 unspecified atom stereocenters. The number of ether oxygens (including phenoxy) is 1. The first-order valence-electron chi connectivity index (χ1n) is 15.3. The molecule has 0 radical (unpaired) electrons. The largest absolute Gasteiger partial charge is 0.376 e. The second-order valence-corrected chi connectivity index (χ2v) is 13.7. The van der Waals surface area contributed by atoms with Gasteiger partial charge in [-0.05, 0) is 97.7 Å². The van der Waals surface area contributed by atoms with Crippen molar-refractivity contribution in [1.82, 2.24) is 5.32 Å². The van der Waals surface area contributed by atoms with Gasteiger partial charge in [-0.1, -0.05) is 72.5 Å². The maximum absolute atomic E-state index is 11.5. The van der Waals surface area contributed by atoms with E-state index in [0.717, 1.165) is 41.9 Å². The lowest BCUT2D eigenvalue weighted by Gasteiger charge is -2.58. The van der Waals surface area contributed by atoms with Gasteiger partial charge in [0.2, 0.25) is 5.91 Å². The topological polar surface area (TPSA) is 38.3 Å². The molecule has 0 bridgehead atoms. The lowest BCUT2D eigenvalue weighted by molar-refractivity contribution is -0.121. The Bertz CT molecular complexity index is 759. The Labute approximate surface area is 216 Å². The molecule has 0 spiro atoms. The van der Waals surface area contributed by atoms with Crippen molar-refractivity contribution in [3.63, 3.8) is 0 Å². The molecule has 4 aliphatic rings. The Morgan fingerprint density at radius 2 is 1.89 bits per heavy atom. The summed E-state index contributed by atoms with van der Waals surface area (Å²) in [6.07, 6.45) is 18.5. The molecule has 0 aromatic heterocycles. The van der Waals surface area contributed by atoms with Gasteiger partial charge in [-0.3, -0.25) is 4.79 Å². The van der Waals surface area contributed by atoms with Gasteiger partial charge in [-0.15, -0.1) is 0 Å². The average Bonchev–Trinajstić information content (AvgIpc) is 3.18. The zero-order chi connectivity index (χ0) is 25.2. The van der Waals surface area contributed by atoms with Crippen molar-refractivity contribution in [3.05, 3.63) is 11.6 Å². The molecule has 35 heavy (non-hydrogen) atoms. The molecule has 0 saturated heterocycles. The number of amides is 1. The van der Waals surface area contributed by atoms with Crippen molar-refractivity contribution in [2.45, 2.75) is 125 Å². The van der Waals surface area contributed by atoms with E-state index in [9.17, 15) is 4.79 Å². The van der Waals surface area contributed by atoms with Gasteiger partial charge in [0.25, 0.3) is 0 Å². The molecule has 0 aromatic rings. The van der Waals surface area contributed by atoms with Crippen molar-refractivity contribution in [1.29, 1.82) is 0 Å². The first-order valence-corrected chi connectivity index (χ1v) is 15.3. The Kier molecular flexibility index (Phi) is 8.77. The van der Waals surface area contributed by atoms with Crippen LogP contribution in [-0.2, 0) is 9.53 Å². The van der Waals surface area contributed by atoms with E-state index in [-0.39, 0.29) is 5.91 Å². The summed E-state index contributed by atoms with van der Waals surface area (Å²) in [6.45, 7) is 15.8.